The first-order valence-corrected chi connectivity index (χ1v) is 11.2. The monoisotopic (exact) mass is 466 g/mol. The summed E-state index contributed by atoms with van der Waals surface area (Å²) in [7, 11) is 3.23. The molecule has 0 fully saturated rings. The number of aromatic hydroxyl groups is 1. The van der Waals surface area contributed by atoms with Crippen molar-refractivity contribution in [2.45, 2.75) is 12.3 Å². The lowest BCUT2D eigenvalue weighted by atomic mass is 9.84. The average Bonchev–Trinajstić information content (AvgIpc) is 3.30. The van der Waals surface area contributed by atoms with Crippen LogP contribution in [0.25, 0.3) is 5.65 Å². The predicted octanol–water partition coefficient (Wildman–Crippen LogP) is 4.72. The Morgan fingerprint density at radius 3 is 2.60 bits per heavy atom. The van der Waals surface area contributed by atoms with Gasteiger partial charge in [0.15, 0.2) is 23.0 Å². The lowest BCUT2D eigenvalue weighted by Crippen LogP contribution is -2.14. The molecule has 1 aliphatic rings. The zero-order valence-electron chi connectivity index (χ0n) is 19.2. The zero-order chi connectivity index (χ0) is 23.9. The van der Waals surface area contributed by atoms with E-state index in [1.165, 1.54) is 0 Å². The topological polar surface area (TPSA) is 91.0 Å². The van der Waals surface area contributed by atoms with Crippen LogP contribution in [0, 0.1) is 0 Å². The Hall–Kier alpha value is -4.59. The molecule has 1 aliphatic heterocycles. The van der Waals surface area contributed by atoms with Crippen molar-refractivity contribution in [3.05, 3.63) is 101 Å². The van der Waals surface area contributed by atoms with Crippen molar-refractivity contribution >= 4 is 5.65 Å². The second kappa shape index (κ2) is 8.32. The third-order valence-corrected chi connectivity index (χ3v) is 6.18. The molecule has 0 saturated carbocycles. The van der Waals surface area contributed by atoms with Gasteiger partial charge in [0, 0.05) is 24.0 Å². The number of phenols is 1. The Morgan fingerprint density at radius 1 is 0.971 bits per heavy atom. The van der Waals surface area contributed by atoms with Crippen LogP contribution in [-0.4, -0.2) is 38.9 Å². The van der Waals surface area contributed by atoms with Gasteiger partial charge in [-0.3, -0.25) is 0 Å². The molecule has 6 rings (SSSR count). The molecule has 1 N–H and O–H groups in total. The van der Waals surface area contributed by atoms with E-state index in [2.05, 4.69) is 22.2 Å². The van der Waals surface area contributed by atoms with Gasteiger partial charge in [0.25, 0.3) is 0 Å². The molecule has 1 atom stereocenters. The van der Waals surface area contributed by atoms with Crippen LogP contribution in [0.4, 0.5) is 0 Å². The fourth-order valence-electron chi connectivity index (χ4n) is 4.59. The van der Waals surface area contributed by atoms with Crippen LogP contribution in [0.5, 0.6) is 28.9 Å². The number of benzene rings is 3. The highest BCUT2D eigenvalue weighted by atomic mass is 16.5. The molecule has 0 saturated heterocycles. The van der Waals surface area contributed by atoms with Crippen LogP contribution in [0.15, 0.2) is 73.1 Å². The highest BCUT2D eigenvalue weighted by Crippen LogP contribution is 2.48. The third kappa shape index (κ3) is 3.59. The summed E-state index contributed by atoms with van der Waals surface area (Å²) < 4.78 is 18.6. The van der Waals surface area contributed by atoms with Crippen LogP contribution >= 0.6 is 0 Å². The summed E-state index contributed by atoms with van der Waals surface area (Å²) in [6.45, 7) is 0. The van der Waals surface area contributed by atoms with Crippen LogP contribution in [0.2, 0.25) is 0 Å². The van der Waals surface area contributed by atoms with E-state index in [1.807, 2.05) is 42.5 Å². The number of nitrogens with zero attached hydrogens (tertiary/aromatic N) is 4. The van der Waals surface area contributed by atoms with E-state index in [9.17, 15) is 5.11 Å². The van der Waals surface area contributed by atoms with Gasteiger partial charge in [0.1, 0.15) is 17.8 Å². The maximum atomic E-state index is 10.0. The van der Waals surface area contributed by atoms with Gasteiger partial charge in [-0.1, -0.05) is 42.5 Å². The van der Waals surface area contributed by atoms with E-state index in [4.69, 9.17) is 19.2 Å². The zero-order valence-corrected chi connectivity index (χ0v) is 19.2. The van der Waals surface area contributed by atoms with Gasteiger partial charge in [-0.2, -0.15) is 0 Å². The lowest BCUT2D eigenvalue weighted by Gasteiger charge is -2.27. The second-order valence-electron chi connectivity index (χ2n) is 8.29. The lowest BCUT2D eigenvalue weighted by molar-refractivity contribution is 0.354. The number of fused-ring (bicyclic) bond motifs is 4. The number of rotatable bonds is 5. The normalized spacial score (nSPS) is 14.2. The molecule has 2 aromatic heterocycles. The number of methoxy groups -OCH3 is 2. The molecular formula is C27H22N4O4. The molecule has 0 bridgehead atoms. The first-order valence-electron chi connectivity index (χ1n) is 11.2. The van der Waals surface area contributed by atoms with Crippen LogP contribution in [-0.2, 0) is 6.42 Å². The van der Waals surface area contributed by atoms with Gasteiger partial charge >= 0.3 is 0 Å². The van der Waals surface area contributed by atoms with Crippen molar-refractivity contribution in [1.82, 2.24) is 19.6 Å². The molecule has 35 heavy (non-hydrogen) atoms. The van der Waals surface area contributed by atoms with Crippen molar-refractivity contribution < 1.29 is 19.3 Å². The van der Waals surface area contributed by atoms with Gasteiger partial charge in [0.05, 0.1) is 19.8 Å². The van der Waals surface area contributed by atoms with Crippen LogP contribution < -0.4 is 14.2 Å². The fraction of sp³-hybridized carbons (Fsp3) is 0.148. The summed E-state index contributed by atoms with van der Waals surface area (Å²) >= 11 is 0. The Bertz CT molecular complexity index is 1550. The van der Waals surface area contributed by atoms with E-state index in [0.717, 1.165) is 22.3 Å². The predicted molar refractivity (Wildman–Crippen MR) is 129 cm³/mol. The largest absolute Gasteiger partial charge is 0.508 e. The highest BCUT2D eigenvalue weighted by molar-refractivity contribution is 5.66. The number of hydrogen-bond donors (Lipinski definition) is 1. The maximum absolute atomic E-state index is 10.0. The molecule has 5 aromatic rings. The molecule has 8 heteroatoms. The molecular weight excluding hydrogens is 444 g/mol. The van der Waals surface area contributed by atoms with Crippen LogP contribution in [0.3, 0.4) is 0 Å². The molecule has 3 aromatic carbocycles. The maximum Gasteiger partial charge on any atom is 0.228 e. The molecule has 8 nitrogen and oxygen atoms in total. The number of phenolic OH excluding ortho intramolecular Hbond substituents is 1. The standard InChI is InChI=1S/C27H22N4O4/c1-33-20-11-8-16(12-22(20)34-2)13-23-29-26-25-24(17-6-4-3-5-7-17)19-10-9-18(32)14-21(19)35-27(25)28-15-31(26)30-23/h3-12,14-15,24,32H,13H2,1-2H3/t24-/m1/s1. The summed E-state index contributed by atoms with van der Waals surface area (Å²) in [5.41, 5.74) is 4.52. The molecule has 0 spiro atoms. The quantitative estimate of drug-likeness (QED) is 0.393. The van der Waals surface area contributed by atoms with E-state index < -0.39 is 0 Å². The van der Waals surface area contributed by atoms with Crippen LogP contribution in [0.1, 0.15) is 34.0 Å². The van der Waals surface area contributed by atoms with Crippen molar-refractivity contribution in [3.8, 4) is 28.9 Å². The Kier molecular flexibility index (Phi) is 4.99. The summed E-state index contributed by atoms with van der Waals surface area (Å²) in [4.78, 5) is 9.44. The molecule has 174 valence electrons. The van der Waals surface area contributed by atoms with Crippen molar-refractivity contribution in [2.24, 2.45) is 0 Å². The van der Waals surface area contributed by atoms with Crippen molar-refractivity contribution in [3.63, 3.8) is 0 Å². The minimum Gasteiger partial charge on any atom is -0.508 e. The Morgan fingerprint density at radius 2 is 1.80 bits per heavy atom. The molecule has 0 aliphatic carbocycles. The van der Waals surface area contributed by atoms with E-state index >= 15 is 0 Å². The van der Waals surface area contributed by atoms with E-state index in [0.29, 0.717) is 41.0 Å². The summed E-state index contributed by atoms with van der Waals surface area (Å²) in [6.07, 6.45) is 2.12. The fourth-order valence-corrected chi connectivity index (χ4v) is 4.59. The summed E-state index contributed by atoms with van der Waals surface area (Å²) in [6, 6.07) is 21.1. The number of hydrogen-bond acceptors (Lipinski definition) is 7. The Labute approximate surface area is 201 Å². The van der Waals surface area contributed by atoms with E-state index in [-0.39, 0.29) is 11.7 Å². The van der Waals surface area contributed by atoms with E-state index in [1.54, 1.807) is 37.2 Å². The molecule has 0 unspecified atom stereocenters. The highest BCUT2D eigenvalue weighted by Gasteiger charge is 2.33. The minimum absolute atomic E-state index is 0.139. The van der Waals surface area contributed by atoms with Gasteiger partial charge < -0.3 is 19.3 Å². The second-order valence-corrected chi connectivity index (χ2v) is 8.29. The Balaban J connectivity index is 1.47. The number of aromatic nitrogens is 4. The van der Waals surface area contributed by atoms with Gasteiger partial charge in [-0.25, -0.2) is 14.5 Å². The number of ether oxygens (including phenoxy) is 3. The minimum atomic E-state index is -0.176. The molecule has 3 heterocycles. The van der Waals surface area contributed by atoms with Gasteiger partial charge in [0.2, 0.25) is 5.88 Å². The summed E-state index contributed by atoms with van der Waals surface area (Å²) in [5, 5.41) is 14.7. The van der Waals surface area contributed by atoms with Gasteiger partial charge in [-0.05, 0) is 29.3 Å². The SMILES string of the molecule is COc1ccc(Cc2nc3c4c(ncn3n2)Oc2cc(O)ccc2[C@H]4c2ccccc2)cc1OC. The third-order valence-electron chi connectivity index (χ3n) is 6.18. The summed E-state index contributed by atoms with van der Waals surface area (Å²) in [5.74, 6) is 2.97. The van der Waals surface area contributed by atoms with Crippen molar-refractivity contribution in [2.75, 3.05) is 14.2 Å². The molecule has 0 radical (unpaired) electrons. The first-order chi connectivity index (χ1) is 17.1. The smallest absolute Gasteiger partial charge is 0.228 e. The van der Waals surface area contributed by atoms with Gasteiger partial charge in [-0.15, -0.1) is 5.10 Å². The first kappa shape index (κ1) is 21.0. The molecule has 0 amide bonds. The average molecular weight is 466 g/mol. The van der Waals surface area contributed by atoms with Crippen molar-refractivity contribution in [1.29, 1.82) is 0 Å².